The minimum atomic E-state index is 0.985. The summed E-state index contributed by atoms with van der Waals surface area (Å²) in [5, 5.41) is 7.38. The summed E-state index contributed by atoms with van der Waals surface area (Å²) >= 11 is 1.85. The highest BCUT2D eigenvalue weighted by Gasteiger charge is 2.21. The lowest BCUT2D eigenvalue weighted by Crippen LogP contribution is -1.95. The molecule has 0 aliphatic rings. The number of fused-ring (bicyclic) bond motifs is 13. The Morgan fingerprint density at radius 1 is 0.690 bits per heavy atom. The van der Waals surface area contributed by atoms with Crippen LogP contribution in [0.3, 0.4) is 0 Å². The lowest BCUT2D eigenvalue weighted by Gasteiger charge is -2.12. The van der Waals surface area contributed by atoms with Crippen molar-refractivity contribution in [2.75, 3.05) is 0 Å². The third kappa shape index (κ3) is 3.02. The van der Waals surface area contributed by atoms with Crippen LogP contribution in [0, 0.1) is 0 Å². The van der Waals surface area contributed by atoms with Gasteiger partial charge in [-0.05, 0) is 72.5 Å². The van der Waals surface area contributed by atoms with Crippen molar-refractivity contribution in [1.29, 1.82) is 0 Å². The number of benzene rings is 5. The summed E-state index contributed by atoms with van der Waals surface area (Å²) in [7, 11) is 0. The molecule has 9 rings (SSSR count). The maximum Gasteiger partial charge on any atom is 0.146 e. The van der Waals surface area contributed by atoms with Gasteiger partial charge in [0.15, 0.2) is 0 Å². The Kier molecular flexibility index (Phi) is 4.84. The van der Waals surface area contributed by atoms with Crippen LogP contribution in [0.2, 0.25) is 0 Å². The van der Waals surface area contributed by atoms with Crippen LogP contribution in [0.4, 0.5) is 0 Å². The van der Waals surface area contributed by atoms with Gasteiger partial charge in [0.05, 0.1) is 27.6 Å². The molecule has 0 aliphatic heterocycles. The number of rotatable bonds is 3. The van der Waals surface area contributed by atoms with Crippen molar-refractivity contribution in [3.05, 3.63) is 126 Å². The van der Waals surface area contributed by atoms with E-state index in [1.807, 2.05) is 17.4 Å². The van der Waals surface area contributed by atoms with Crippen LogP contribution < -0.4 is 0 Å². The summed E-state index contributed by atoms with van der Waals surface area (Å²) in [5.74, 6) is 0. The van der Waals surface area contributed by atoms with Crippen LogP contribution in [0.25, 0.3) is 88.1 Å². The van der Waals surface area contributed by atoms with Crippen LogP contribution in [-0.2, 0) is 0 Å². The molecule has 0 aliphatic carbocycles. The molecule has 0 unspecified atom stereocenters. The number of para-hydroxylation sites is 4. The summed E-state index contributed by atoms with van der Waals surface area (Å²) in [6.07, 6.45) is 6.31. The molecular formula is C38H25N3S. The number of nitrogens with zero attached hydrogens (tertiary/aromatic N) is 3. The largest absolute Gasteiger partial charge is 0.309 e. The van der Waals surface area contributed by atoms with Crippen LogP contribution in [0.5, 0.6) is 0 Å². The predicted molar refractivity (Wildman–Crippen MR) is 182 cm³/mol. The third-order valence-electron chi connectivity index (χ3n) is 8.56. The zero-order valence-corrected chi connectivity index (χ0v) is 23.8. The quantitative estimate of drug-likeness (QED) is 0.199. The first-order valence-electron chi connectivity index (χ1n) is 14.2. The van der Waals surface area contributed by atoms with Crippen molar-refractivity contribution in [2.45, 2.75) is 6.92 Å². The van der Waals surface area contributed by atoms with E-state index in [-0.39, 0.29) is 0 Å². The summed E-state index contributed by atoms with van der Waals surface area (Å²) in [6.45, 7) is 6.26. The van der Waals surface area contributed by atoms with Crippen LogP contribution >= 0.6 is 11.3 Å². The molecule has 0 N–H and O–H groups in total. The Morgan fingerprint density at radius 2 is 1.48 bits per heavy atom. The number of pyridine rings is 1. The van der Waals surface area contributed by atoms with Crippen molar-refractivity contribution in [1.82, 2.24) is 14.0 Å². The summed E-state index contributed by atoms with van der Waals surface area (Å²) < 4.78 is 6.03. The van der Waals surface area contributed by atoms with E-state index in [1.165, 1.54) is 58.6 Å². The minimum Gasteiger partial charge on any atom is -0.309 e. The van der Waals surface area contributed by atoms with E-state index in [0.29, 0.717) is 0 Å². The lowest BCUT2D eigenvalue weighted by molar-refractivity contribution is 1.18. The van der Waals surface area contributed by atoms with Gasteiger partial charge in [0.25, 0.3) is 0 Å². The number of thiophene rings is 1. The number of hydrogen-bond donors (Lipinski definition) is 0. The molecule has 4 heterocycles. The second kappa shape index (κ2) is 8.65. The summed E-state index contributed by atoms with van der Waals surface area (Å²) in [6, 6.07) is 37.2. The minimum absolute atomic E-state index is 0.985. The average Bonchev–Trinajstić information content (AvgIpc) is 3.70. The molecule has 4 aromatic heterocycles. The van der Waals surface area contributed by atoms with Gasteiger partial charge in [-0.2, -0.15) is 0 Å². The first-order chi connectivity index (χ1) is 20.8. The fraction of sp³-hybridized carbons (Fsp3) is 0.0263. The number of aromatic nitrogens is 3. The van der Waals surface area contributed by atoms with Gasteiger partial charge in [0.1, 0.15) is 5.65 Å². The molecule has 4 heteroatoms. The van der Waals surface area contributed by atoms with E-state index in [4.69, 9.17) is 4.98 Å². The SMILES string of the molecule is C=Cc1c(/C=C\C)sc2c1ccc1c2c2cc3c4ccccc4n(-c4ccccc4)c3cc2c2nc3ccccc3n12. The average molecular weight is 556 g/mol. The molecule has 0 fully saturated rings. The Morgan fingerprint density at radius 3 is 2.31 bits per heavy atom. The van der Waals surface area contributed by atoms with Gasteiger partial charge in [0.2, 0.25) is 0 Å². The smallest absolute Gasteiger partial charge is 0.146 e. The van der Waals surface area contributed by atoms with Gasteiger partial charge in [-0.3, -0.25) is 4.40 Å². The second-order valence-electron chi connectivity index (χ2n) is 10.8. The third-order valence-corrected chi connectivity index (χ3v) is 9.77. The predicted octanol–water partition coefficient (Wildman–Crippen LogP) is 10.8. The number of hydrogen-bond acceptors (Lipinski definition) is 2. The van der Waals surface area contributed by atoms with Gasteiger partial charge in [-0.15, -0.1) is 11.3 Å². The topological polar surface area (TPSA) is 22.2 Å². The van der Waals surface area contributed by atoms with E-state index >= 15 is 0 Å². The molecule has 0 atom stereocenters. The van der Waals surface area contributed by atoms with E-state index in [1.54, 1.807) is 0 Å². The Hall–Kier alpha value is -5.19. The standard InChI is InChI=1S/C38H25N3S/c1-3-12-35-24(4-2)26-19-20-33-36(37(26)42-35)28-21-27-25-15-8-10-17-31(25)40(23-13-6-5-7-14-23)34(27)22-29(28)38-39-30-16-9-11-18-32(30)41(33)38/h3-22H,2H2,1H3/b12-3-. The van der Waals surface area contributed by atoms with Gasteiger partial charge in [-0.25, -0.2) is 4.98 Å². The van der Waals surface area contributed by atoms with Crippen molar-refractivity contribution in [3.63, 3.8) is 0 Å². The van der Waals surface area contributed by atoms with E-state index < -0.39 is 0 Å². The molecule has 9 aromatic rings. The van der Waals surface area contributed by atoms with Gasteiger partial charge >= 0.3 is 0 Å². The molecule has 0 saturated heterocycles. The maximum atomic E-state index is 5.23. The number of allylic oxidation sites excluding steroid dienone is 1. The van der Waals surface area contributed by atoms with Crippen molar-refractivity contribution < 1.29 is 0 Å². The first-order valence-corrected chi connectivity index (χ1v) is 15.0. The monoisotopic (exact) mass is 555 g/mol. The van der Waals surface area contributed by atoms with Crippen LogP contribution in [0.1, 0.15) is 17.4 Å². The summed E-state index contributed by atoms with van der Waals surface area (Å²) in [4.78, 5) is 6.47. The molecule has 198 valence electrons. The zero-order valence-electron chi connectivity index (χ0n) is 23.0. The highest BCUT2D eigenvalue weighted by atomic mass is 32.1. The lowest BCUT2D eigenvalue weighted by atomic mass is 10.00. The zero-order chi connectivity index (χ0) is 27.9. The maximum absolute atomic E-state index is 5.23. The highest BCUT2D eigenvalue weighted by molar-refractivity contribution is 7.21. The Balaban J connectivity index is 1.58. The molecular weight excluding hydrogens is 531 g/mol. The van der Waals surface area contributed by atoms with Gasteiger partial charge in [-0.1, -0.05) is 73.3 Å². The Bertz CT molecular complexity index is 2590. The highest BCUT2D eigenvalue weighted by Crippen LogP contribution is 2.44. The van der Waals surface area contributed by atoms with Crippen molar-refractivity contribution in [2.24, 2.45) is 0 Å². The molecule has 0 saturated carbocycles. The normalized spacial score (nSPS) is 12.4. The van der Waals surface area contributed by atoms with Crippen molar-refractivity contribution >= 4 is 93.7 Å². The Labute approximate surface area is 245 Å². The van der Waals surface area contributed by atoms with E-state index in [0.717, 1.165) is 27.8 Å². The molecule has 3 nitrogen and oxygen atoms in total. The second-order valence-corrected chi connectivity index (χ2v) is 11.8. The summed E-state index contributed by atoms with van der Waals surface area (Å²) in [5.41, 5.74) is 9.02. The fourth-order valence-electron chi connectivity index (χ4n) is 6.83. The van der Waals surface area contributed by atoms with Crippen LogP contribution in [0.15, 0.2) is 116 Å². The van der Waals surface area contributed by atoms with Crippen molar-refractivity contribution in [3.8, 4) is 5.69 Å². The molecule has 0 radical (unpaired) electrons. The fourth-order valence-corrected chi connectivity index (χ4v) is 8.16. The first kappa shape index (κ1) is 23.5. The molecule has 0 bridgehead atoms. The molecule has 42 heavy (non-hydrogen) atoms. The molecule has 0 spiro atoms. The molecule has 5 aromatic carbocycles. The number of imidazole rings is 1. The van der Waals surface area contributed by atoms with Gasteiger partial charge < -0.3 is 4.57 Å². The van der Waals surface area contributed by atoms with E-state index in [2.05, 4.69) is 138 Å². The molecule has 0 amide bonds. The van der Waals surface area contributed by atoms with Crippen LogP contribution in [-0.4, -0.2) is 14.0 Å². The van der Waals surface area contributed by atoms with Gasteiger partial charge in [0, 0.05) is 42.2 Å². The van der Waals surface area contributed by atoms with E-state index in [9.17, 15) is 0 Å².